The monoisotopic (exact) mass is 1280 g/mol. The number of aromatic hydroxyl groups is 1. The van der Waals surface area contributed by atoms with Gasteiger partial charge in [0.25, 0.3) is 5.91 Å². The zero-order chi connectivity index (χ0) is 65.7. The lowest BCUT2D eigenvalue weighted by atomic mass is 9.75. The van der Waals surface area contributed by atoms with E-state index in [9.17, 15) is 74.1 Å². The number of aliphatic hydroxyl groups is 6. The summed E-state index contributed by atoms with van der Waals surface area (Å²) in [5.41, 5.74) is 9.24. The van der Waals surface area contributed by atoms with Gasteiger partial charge in [0.05, 0.1) is 43.0 Å². The fourth-order valence-electron chi connectivity index (χ4n) is 12.8. The number of phenols is 1. The average molecular weight is 1280 g/mol. The van der Waals surface area contributed by atoms with Gasteiger partial charge in [-0.1, -0.05) is 56.4 Å². The SMILES string of the molecule is Cc1cc(C[C@@H](O)[C@@H]2NC(=O)[C@@H]3C[C@@H](O)CN3C(=O)[C@H]([C@@H](C)O)NC(=O)[C@@H](NC(=O)c3ccc(-c4nnc(-c5ccc(N6CCN(C7CCC(C)(C)CC7)CC6)cc5)s4)cc3)C[C@@H](O)CNC(=O)[C@@H]3[C@@H](O)[C@@H](C)CN3C(=O)[C@H]([C@H](O)CC(N)=O)NC2=O)ccc1O. The summed E-state index contributed by atoms with van der Waals surface area (Å²) in [6.45, 7) is 11.3. The highest BCUT2D eigenvalue weighted by atomic mass is 32.1. The summed E-state index contributed by atoms with van der Waals surface area (Å²) in [6, 6.07) is 8.07. The number of carbonyl (C=O) groups excluding carboxylic acids is 8. The zero-order valence-corrected chi connectivity index (χ0v) is 52.4. The molecule has 14 N–H and O–H groups in total. The molecule has 0 unspecified atom stereocenters. The standard InChI is InChI=1S/C63H84N12O15S/c1-32-24-35(6-15-45(32)79)25-46(80)50-57(87)69-51(47(81)28-48(64)82)62(90)75-30-33(2)53(83)52(75)58(88)65-29-41(77)26-43(55(85)67-49(34(3)76)61(89)74-31-42(78)27-44(74)56(86)68-50)66-54(84)36-7-9-37(10-8-36)59-70-71-60(91-59)38-11-13-39(14-12-38)72-20-22-73(23-21-72)40-16-18-63(4,5)19-17-40/h6-15,24,33-34,40-44,46-47,49-53,76-81,83H,16-23,25-31H2,1-5H3,(H2,64,82)(H,65,88)(H,66,84)(H,67,85)(H,68,86)(H,69,87)/t33-,34+,41+,42+,43-,44-,46+,47+,49-,50-,51-,52-,53-/m0/s1. The van der Waals surface area contributed by atoms with Crippen molar-refractivity contribution in [2.24, 2.45) is 17.1 Å². The van der Waals surface area contributed by atoms with E-state index in [4.69, 9.17) is 5.73 Å². The first-order valence-corrected chi connectivity index (χ1v) is 31.8. The Bertz CT molecular complexity index is 3300. The Balaban J connectivity index is 0.945. The predicted octanol–water partition coefficient (Wildman–Crippen LogP) is -1.20. The summed E-state index contributed by atoms with van der Waals surface area (Å²) in [4.78, 5) is 120. The molecule has 492 valence electrons. The van der Waals surface area contributed by atoms with E-state index in [1.807, 2.05) is 12.1 Å². The maximum absolute atomic E-state index is 14.7. The van der Waals surface area contributed by atoms with Gasteiger partial charge >= 0.3 is 0 Å². The third kappa shape index (κ3) is 16.1. The molecule has 91 heavy (non-hydrogen) atoms. The minimum Gasteiger partial charge on any atom is -0.508 e. The summed E-state index contributed by atoms with van der Waals surface area (Å²) in [6.07, 6.45) is -7.87. The number of aryl methyl sites for hydroxylation is 1. The Morgan fingerprint density at radius 2 is 1.34 bits per heavy atom. The topological polar surface area (TPSA) is 403 Å². The largest absolute Gasteiger partial charge is 0.508 e. The van der Waals surface area contributed by atoms with E-state index in [1.165, 1.54) is 74.3 Å². The molecule has 1 aromatic heterocycles. The van der Waals surface area contributed by atoms with E-state index in [0.717, 1.165) is 54.2 Å². The normalized spacial score (nSPS) is 27.9. The number of β-amino-alcohol motifs (C(OH)–C–C–N with tert-alkyl or cyclic N) is 1. The number of aromatic nitrogens is 2. The molecule has 1 saturated carbocycles. The summed E-state index contributed by atoms with van der Waals surface area (Å²) >= 11 is 1.35. The number of primary amides is 1. The molecule has 4 aromatic rings. The number of hydrogen-bond acceptors (Lipinski definition) is 20. The summed E-state index contributed by atoms with van der Waals surface area (Å²) < 4.78 is 0. The molecule has 0 spiro atoms. The molecule has 5 aliphatic rings. The number of aliphatic hydroxyl groups excluding tert-OH is 6. The van der Waals surface area contributed by atoms with Gasteiger partial charge in [0.2, 0.25) is 41.4 Å². The van der Waals surface area contributed by atoms with Crippen molar-refractivity contribution in [1.29, 1.82) is 0 Å². The number of nitrogens with one attached hydrogen (secondary N) is 5. The molecular formula is C63H84N12O15S. The number of phenolic OH excluding ortho intramolecular Hbond substituents is 1. The van der Waals surface area contributed by atoms with Gasteiger partial charge in [0.15, 0.2) is 0 Å². The van der Waals surface area contributed by atoms with Crippen molar-refractivity contribution in [2.75, 3.05) is 50.7 Å². The Morgan fingerprint density at radius 1 is 0.736 bits per heavy atom. The van der Waals surface area contributed by atoms with Crippen molar-refractivity contribution in [3.63, 3.8) is 0 Å². The first-order chi connectivity index (χ1) is 43.1. The minimum atomic E-state index is -2.15. The molecule has 8 amide bonds. The van der Waals surface area contributed by atoms with E-state index < -0.39 is 165 Å². The molecule has 27 nitrogen and oxygen atoms in total. The van der Waals surface area contributed by atoms with Gasteiger partial charge in [0.1, 0.15) is 52.0 Å². The van der Waals surface area contributed by atoms with Crippen LogP contribution in [0, 0.1) is 18.3 Å². The predicted molar refractivity (Wildman–Crippen MR) is 332 cm³/mol. The Hall–Kier alpha value is -7.70. The lowest BCUT2D eigenvalue weighted by Gasteiger charge is -2.44. The van der Waals surface area contributed by atoms with E-state index in [-0.39, 0.29) is 17.9 Å². The number of anilines is 1. The van der Waals surface area contributed by atoms with Crippen LogP contribution in [0.4, 0.5) is 5.69 Å². The van der Waals surface area contributed by atoms with Gasteiger partial charge in [-0.3, -0.25) is 43.3 Å². The van der Waals surface area contributed by atoms with Crippen LogP contribution >= 0.6 is 11.3 Å². The average Bonchev–Trinajstić information content (AvgIpc) is 1.74. The Labute approximate surface area is 530 Å². The maximum atomic E-state index is 14.7. The van der Waals surface area contributed by atoms with Crippen LogP contribution in [-0.4, -0.2) is 233 Å². The molecule has 0 bridgehead atoms. The van der Waals surface area contributed by atoms with Crippen LogP contribution in [0.3, 0.4) is 0 Å². The molecule has 1 aliphatic carbocycles. The molecule has 4 saturated heterocycles. The van der Waals surface area contributed by atoms with E-state index in [1.54, 1.807) is 19.1 Å². The Kier molecular flexibility index (Phi) is 21.5. The summed E-state index contributed by atoms with van der Waals surface area (Å²) in [7, 11) is 0. The molecule has 28 heteroatoms. The molecular weight excluding hydrogens is 1200 g/mol. The van der Waals surface area contributed by atoms with E-state index in [0.29, 0.717) is 38.2 Å². The molecule has 5 heterocycles. The van der Waals surface area contributed by atoms with Crippen LogP contribution in [0.2, 0.25) is 0 Å². The molecule has 9 rings (SSSR count). The molecule has 5 fully saturated rings. The number of amides is 8. The van der Waals surface area contributed by atoms with E-state index in [2.05, 4.69) is 72.6 Å². The highest BCUT2D eigenvalue weighted by molar-refractivity contribution is 7.17. The van der Waals surface area contributed by atoms with Gasteiger partial charge in [0, 0.05) is 99.4 Å². The highest BCUT2D eigenvalue weighted by Crippen LogP contribution is 2.38. The minimum absolute atomic E-state index is 0.0385. The zero-order valence-electron chi connectivity index (χ0n) is 51.6. The molecule has 13 atom stereocenters. The van der Waals surface area contributed by atoms with Crippen molar-refractivity contribution in [3.05, 3.63) is 83.4 Å². The lowest BCUT2D eigenvalue weighted by Crippen LogP contribution is -2.64. The van der Waals surface area contributed by atoms with Gasteiger partial charge in [-0.15, -0.1) is 10.2 Å². The smallest absolute Gasteiger partial charge is 0.251 e. The lowest BCUT2D eigenvalue weighted by molar-refractivity contribution is -0.147. The number of nitrogens with zero attached hydrogens (tertiary/aromatic N) is 6. The van der Waals surface area contributed by atoms with Gasteiger partial charge in [-0.25, -0.2) is 0 Å². The quantitative estimate of drug-likeness (QED) is 0.0748. The van der Waals surface area contributed by atoms with Gasteiger partial charge in [-0.2, -0.15) is 0 Å². The van der Waals surface area contributed by atoms with Gasteiger partial charge < -0.3 is 82.8 Å². The number of rotatable bonds is 13. The number of benzene rings is 3. The van der Waals surface area contributed by atoms with Crippen molar-refractivity contribution in [1.82, 2.24) is 51.5 Å². The van der Waals surface area contributed by atoms with Crippen LogP contribution in [0.15, 0.2) is 66.7 Å². The number of nitrogens with two attached hydrogens (primary N) is 1. The molecule has 4 aliphatic heterocycles. The van der Waals surface area contributed by atoms with Crippen LogP contribution in [0.1, 0.15) is 94.1 Å². The van der Waals surface area contributed by atoms with Crippen LogP contribution < -0.4 is 37.2 Å². The Morgan fingerprint density at radius 3 is 1.96 bits per heavy atom. The molecule has 3 aromatic carbocycles. The first-order valence-electron chi connectivity index (χ1n) is 30.9. The third-order valence-corrected chi connectivity index (χ3v) is 19.3. The van der Waals surface area contributed by atoms with Crippen LogP contribution in [0.25, 0.3) is 21.1 Å². The number of carbonyl (C=O) groups is 8. The number of piperazine rings is 1. The maximum Gasteiger partial charge on any atom is 0.251 e. The second-order valence-corrected chi connectivity index (χ2v) is 26.7. The number of hydrogen-bond donors (Lipinski definition) is 13. The summed E-state index contributed by atoms with van der Waals surface area (Å²) in [5, 5.41) is 101. The molecule has 0 radical (unpaired) electrons. The third-order valence-electron chi connectivity index (χ3n) is 18.3. The van der Waals surface area contributed by atoms with Crippen molar-refractivity contribution >= 4 is 64.3 Å². The fraction of sp³-hybridized carbons (Fsp3) is 0.556. The van der Waals surface area contributed by atoms with Crippen molar-refractivity contribution in [2.45, 2.75) is 165 Å². The number of fused-ring (bicyclic) bond motifs is 2. The second kappa shape index (κ2) is 28.9. The highest BCUT2D eigenvalue weighted by Gasteiger charge is 2.50. The van der Waals surface area contributed by atoms with E-state index >= 15 is 0 Å². The van der Waals surface area contributed by atoms with Crippen LogP contribution in [-0.2, 0) is 40.0 Å². The summed E-state index contributed by atoms with van der Waals surface area (Å²) in [5.74, 6) is -9.90. The first kappa shape index (κ1) is 67.7. The van der Waals surface area contributed by atoms with Crippen molar-refractivity contribution in [3.8, 4) is 26.9 Å². The van der Waals surface area contributed by atoms with Crippen LogP contribution in [0.5, 0.6) is 5.75 Å². The van der Waals surface area contributed by atoms with Crippen molar-refractivity contribution < 1.29 is 74.1 Å². The second-order valence-electron chi connectivity index (χ2n) is 25.7. The van der Waals surface area contributed by atoms with Gasteiger partial charge in [-0.05, 0) is 98.5 Å². The fourth-order valence-corrected chi connectivity index (χ4v) is 13.7.